The molecule has 0 aromatic rings. The molecular weight excluding hydrogens is 242 g/mol. The van der Waals surface area contributed by atoms with Crippen molar-refractivity contribution in [2.24, 2.45) is 0 Å². The maximum absolute atomic E-state index is 12.1. The van der Waals surface area contributed by atoms with Crippen molar-refractivity contribution in [3.05, 3.63) is 0 Å². The lowest BCUT2D eigenvalue weighted by Gasteiger charge is -2.29. The molecule has 5 heteroatoms. The molecule has 2 aliphatic heterocycles. The highest BCUT2D eigenvalue weighted by Gasteiger charge is 2.40. The molecule has 19 heavy (non-hydrogen) atoms. The van der Waals surface area contributed by atoms with Gasteiger partial charge in [0.15, 0.2) is 0 Å². The molecule has 0 bridgehead atoms. The number of nitrogens with one attached hydrogen (secondary N) is 1. The first-order chi connectivity index (χ1) is 9.13. The van der Waals surface area contributed by atoms with Gasteiger partial charge in [-0.1, -0.05) is 13.3 Å². The number of rotatable bonds is 6. The molecule has 0 aliphatic carbocycles. The van der Waals surface area contributed by atoms with Gasteiger partial charge in [0.05, 0.1) is 12.5 Å². The molecule has 108 valence electrons. The summed E-state index contributed by atoms with van der Waals surface area (Å²) in [5, 5.41) is 3.47. The maximum atomic E-state index is 12.1. The van der Waals surface area contributed by atoms with Crippen LogP contribution in [-0.2, 0) is 9.59 Å². The fourth-order valence-corrected chi connectivity index (χ4v) is 2.95. The van der Waals surface area contributed by atoms with Crippen LogP contribution in [0.15, 0.2) is 0 Å². The van der Waals surface area contributed by atoms with E-state index >= 15 is 0 Å². The van der Waals surface area contributed by atoms with Crippen LogP contribution in [0.3, 0.4) is 0 Å². The van der Waals surface area contributed by atoms with Crippen molar-refractivity contribution in [1.82, 2.24) is 15.1 Å². The summed E-state index contributed by atoms with van der Waals surface area (Å²) in [5.74, 6) is -0.0741. The Kier molecular flexibility index (Phi) is 4.93. The van der Waals surface area contributed by atoms with Gasteiger partial charge < -0.3 is 5.32 Å². The fourth-order valence-electron chi connectivity index (χ4n) is 2.95. The first-order valence-corrected chi connectivity index (χ1v) is 7.41. The van der Waals surface area contributed by atoms with Gasteiger partial charge in [-0.2, -0.15) is 0 Å². The number of carbonyl (C=O) groups excluding carboxylic acids is 2. The van der Waals surface area contributed by atoms with Crippen LogP contribution in [0.4, 0.5) is 0 Å². The minimum atomic E-state index is -0.230. The van der Waals surface area contributed by atoms with Gasteiger partial charge in [0.1, 0.15) is 0 Å². The van der Waals surface area contributed by atoms with E-state index < -0.39 is 0 Å². The zero-order valence-electron chi connectivity index (χ0n) is 12.0. The highest BCUT2D eigenvalue weighted by atomic mass is 16.2. The minimum Gasteiger partial charge on any atom is -0.313 e. The number of unbranched alkanes of at least 4 members (excludes halogenated alkanes) is 1. The summed E-state index contributed by atoms with van der Waals surface area (Å²) in [4.78, 5) is 27.3. The van der Waals surface area contributed by atoms with Crippen LogP contribution >= 0.6 is 0 Å². The highest BCUT2D eigenvalue weighted by Crippen LogP contribution is 2.19. The molecule has 2 atom stereocenters. The summed E-state index contributed by atoms with van der Waals surface area (Å²) in [7, 11) is 1.59. The first kappa shape index (κ1) is 14.5. The third-order valence-corrected chi connectivity index (χ3v) is 4.21. The van der Waals surface area contributed by atoms with E-state index in [-0.39, 0.29) is 17.9 Å². The van der Waals surface area contributed by atoms with Crippen LogP contribution in [0.2, 0.25) is 0 Å². The summed E-state index contributed by atoms with van der Waals surface area (Å²) >= 11 is 0. The lowest BCUT2D eigenvalue weighted by atomic mass is 10.1. The molecule has 1 N–H and O–H groups in total. The average molecular weight is 267 g/mol. The molecule has 0 radical (unpaired) electrons. The zero-order valence-corrected chi connectivity index (χ0v) is 12.0. The zero-order chi connectivity index (χ0) is 13.8. The molecule has 0 aromatic carbocycles. The Morgan fingerprint density at radius 2 is 2.21 bits per heavy atom. The van der Waals surface area contributed by atoms with Crippen LogP contribution in [0, 0.1) is 0 Å². The van der Waals surface area contributed by atoms with Crippen molar-refractivity contribution in [2.45, 2.75) is 51.1 Å². The molecule has 0 spiro atoms. The maximum Gasteiger partial charge on any atom is 0.246 e. The van der Waals surface area contributed by atoms with Crippen molar-refractivity contribution < 1.29 is 9.59 Å². The molecule has 2 saturated heterocycles. The highest BCUT2D eigenvalue weighted by molar-refractivity contribution is 6.05. The van der Waals surface area contributed by atoms with Gasteiger partial charge in [-0.05, 0) is 32.4 Å². The first-order valence-electron chi connectivity index (χ1n) is 7.41. The Balaban J connectivity index is 1.99. The Labute approximate surface area is 115 Å². The number of amides is 2. The van der Waals surface area contributed by atoms with Gasteiger partial charge in [-0.3, -0.25) is 19.4 Å². The van der Waals surface area contributed by atoms with E-state index in [0.717, 1.165) is 32.5 Å². The number of likely N-dealkylation sites (N-methyl/N-ethyl adjacent to an activating group) is 1. The van der Waals surface area contributed by atoms with E-state index in [2.05, 4.69) is 17.1 Å². The summed E-state index contributed by atoms with van der Waals surface area (Å²) < 4.78 is 0. The van der Waals surface area contributed by atoms with Crippen LogP contribution in [0.1, 0.15) is 39.0 Å². The fraction of sp³-hybridized carbons (Fsp3) is 0.857. The van der Waals surface area contributed by atoms with Crippen LogP contribution in [-0.4, -0.2) is 60.4 Å². The summed E-state index contributed by atoms with van der Waals surface area (Å²) in [6.45, 7) is 5.02. The molecule has 2 amide bonds. The van der Waals surface area contributed by atoms with Crippen LogP contribution in [0.25, 0.3) is 0 Å². The van der Waals surface area contributed by atoms with Crippen molar-refractivity contribution >= 4 is 11.8 Å². The standard InChI is InChI=1S/C14H25N3O2/c1-3-4-8-17(10-11-6-5-7-15-11)12-9-13(18)16(2)14(12)19/h11-12,15H,3-10H2,1-2H3. The quantitative estimate of drug-likeness (QED) is 0.716. The largest absolute Gasteiger partial charge is 0.313 e. The van der Waals surface area contributed by atoms with Gasteiger partial charge in [-0.15, -0.1) is 0 Å². The third kappa shape index (κ3) is 3.34. The van der Waals surface area contributed by atoms with Gasteiger partial charge in [0.2, 0.25) is 11.8 Å². The average Bonchev–Trinajstić information content (AvgIpc) is 2.99. The Hall–Kier alpha value is -0.940. The Morgan fingerprint density at radius 1 is 1.42 bits per heavy atom. The molecule has 2 aliphatic rings. The molecule has 2 unspecified atom stereocenters. The molecule has 0 aromatic heterocycles. The van der Waals surface area contributed by atoms with E-state index in [1.807, 2.05) is 0 Å². The lowest BCUT2D eigenvalue weighted by molar-refractivity contribution is -0.138. The number of carbonyl (C=O) groups is 2. The van der Waals surface area contributed by atoms with Gasteiger partial charge in [-0.25, -0.2) is 0 Å². The third-order valence-electron chi connectivity index (χ3n) is 4.21. The van der Waals surface area contributed by atoms with Crippen molar-refractivity contribution in [2.75, 3.05) is 26.7 Å². The normalized spacial score (nSPS) is 27.8. The number of hydrogen-bond donors (Lipinski definition) is 1. The molecular formula is C14H25N3O2. The number of hydrogen-bond acceptors (Lipinski definition) is 4. The van der Waals surface area contributed by atoms with E-state index in [1.165, 1.54) is 17.7 Å². The topological polar surface area (TPSA) is 52.7 Å². The van der Waals surface area contributed by atoms with Gasteiger partial charge in [0.25, 0.3) is 0 Å². The summed E-state index contributed by atoms with van der Waals surface area (Å²) in [6.07, 6.45) is 4.93. The Morgan fingerprint density at radius 3 is 2.74 bits per heavy atom. The molecule has 5 nitrogen and oxygen atoms in total. The molecule has 2 rings (SSSR count). The number of imide groups is 1. The Bertz CT molecular complexity index is 340. The lowest BCUT2D eigenvalue weighted by Crippen LogP contribution is -2.47. The van der Waals surface area contributed by atoms with E-state index in [0.29, 0.717) is 12.5 Å². The van der Waals surface area contributed by atoms with E-state index in [4.69, 9.17) is 0 Å². The second-order valence-corrected chi connectivity index (χ2v) is 5.65. The smallest absolute Gasteiger partial charge is 0.246 e. The predicted octanol–water partition coefficient (Wildman–Crippen LogP) is 0.598. The second-order valence-electron chi connectivity index (χ2n) is 5.65. The molecule has 2 fully saturated rings. The van der Waals surface area contributed by atoms with E-state index in [1.54, 1.807) is 7.05 Å². The van der Waals surface area contributed by atoms with Crippen molar-refractivity contribution in [3.8, 4) is 0 Å². The number of nitrogens with zero attached hydrogens (tertiary/aromatic N) is 2. The SMILES string of the molecule is CCCCN(CC1CCCN1)C1CC(=O)N(C)C1=O. The van der Waals surface area contributed by atoms with Crippen LogP contribution in [0.5, 0.6) is 0 Å². The van der Waals surface area contributed by atoms with Gasteiger partial charge >= 0.3 is 0 Å². The monoisotopic (exact) mass is 267 g/mol. The van der Waals surface area contributed by atoms with Crippen LogP contribution < -0.4 is 5.32 Å². The summed E-state index contributed by atoms with van der Waals surface area (Å²) in [6, 6.07) is 0.247. The second kappa shape index (κ2) is 6.48. The predicted molar refractivity (Wildman–Crippen MR) is 73.7 cm³/mol. The minimum absolute atomic E-state index is 0.0286. The van der Waals surface area contributed by atoms with Crippen molar-refractivity contribution in [3.63, 3.8) is 0 Å². The summed E-state index contributed by atoms with van der Waals surface area (Å²) in [5.41, 5.74) is 0. The van der Waals surface area contributed by atoms with Gasteiger partial charge in [0, 0.05) is 19.6 Å². The number of likely N-dealkylation sites (tertiary alicyclic amines) is 1. The molecule has 2 heterocycles. The van der Waals surface area contributed by atoms with Crippen molar-refractivity contribution in [1.29, 1.82) is 0 Å². The van der Waals surface area contributed by atoms with E-state index in [9.17, 15) is 9.59 Å². The molecule has 0 saturated carbocycles.